The molecule has 3 aliphatic heterocycles. The molecule has 0 N–H and O–H groups in total. The number of aryl methyl sites for hydroxylation is 1. The van der Waals surface area contributed by atoms with Crippen molar-refractivity contribution >= 4 is 34.4 Å². The topological polar surface area (TPSA) is 58.9 Å². The van der Waals surface area contributed by atoms with E-state index in [0.29, 0.717) is 17.3 Å². The van der Waals surface area contributed by atoms with Crippen molar-refractivity contribution in [3.05, 3.63) is 11.2 Å². The minimum absolute atomic E-state index is 0.309. The Labute approximate surface area is 170 Å². The summed E-state index contributed by atoms with van der Waals surface area (Å²) >= 11 is 6.40. The van der Waals surface area contributed by atoms with Crippen LogP contribution in [0.15, 0.2) is 6.07 Å². The number of hydrogen-bond acceptors (Lipinski definition) is 7. The van der Waals surface area contributed by atoms with Crippen molar-refractivity contribution in [1.29, 1.82) is 0 Å². The lowest BCUT2D eigenvalue weighted by Gasteiger charge is -2.35. The van der Waals surface area contributed by atoms with Crippen LogP contribution < -0.4 is 9.80 Å². The normalized spacial score (nSPS) is 25.4. The first kappa shape index (κ1) is 18.4. The van der Waals surface area contributed by atoms with E-state index in [-0.39, 0.29) is 0 Å². The summed E-state index contributed by atoms with van der Waals surface area (Å²) in [5.41, 5.74) is 1.98. The Hall–Kier alpha value is -1.61. The van der Waals surface area contributed by atoms with Crippen molar-refractivity contribution in [2.45, 2.75) is 18.6 Å². The molecule has 0 spiro atoms. The molecule has 0 amide bonds. The van der Waals surface area contributed by atoms with Gasteiger partial charge in [-0.2, -0.15) is 0 Å². The van der Waals surface area contributed by atoms with Crippen LogP contribution in [0.5, 0.6) is 0 Å². The molecule has 3 saturated heterocycles. The number of hydrogen-bond donors (Lipinski definition) is 0. The average Bonchev–Trinajstić information content (AvgIpc) is 3.42. The van der Waals surface area contributed by atoms with Crippen molar-refractivity contribution in [1.82, 2.24) is 19.4 Å². The zero-order chi connectivity index (χ0) is 19.3. The maximum Gasteiger partial charge on any atom is 0.206 e. The van der Waals surface area contributed by atoms with Crippen molar-refractivity contribution in [3.8, 4) is 0 Å². The zero-order valence-electron chi connectivity index (χ0n) is 16.5. The van der Waals surface area contributed by atoms with Crippen molar-refractivity contribution in [2.24, 2.45) is 7.05 Å². The molecule has 2 unspecified atom stereocenters. The smallest absolute Gasteiger partial charge is 0.206 e. The van der Waals surface area contributed by atoms with E-state index in [1.54, 1.807) is 7.11 Å². The molecule has 8 nitrogen and oxygen atoms in total. The van der Waals surface area contributed by atoms with Gasteiger partial charge in [0.05, 0.1) is 30.9 Å². The molecule has 3 aliphatic rings. The Morgan fingerprint density at radius 3 is 2.75 bits per heavy atom. The highest BCUT2D eigenvalue weighted by Gasteiger charge is 2.41. The standard InChI is InChI=1S/C19H27ClN6O2/c1-23-15-10-16(20)21-18(26-11-14-9-13(26)12-28-14)17(15)22-19(23)25-5-3-24(4-6-25)7-8-27-2/h10,13-14H,3-9,11-12H2,1-2H3. The number of rotatable bonds is 5. The summed E-state index contributed by atoms with van der Waals surface area (Å²) in [5.74, 6) is 1.89. The minimum atomic E-state index is 0.309. The second-order valence-corrected chi connectivity index (χ2v) is 8.31. The SMILES string of the molecule is COCCN1CCN(c2nc3c(N4CC5CC4CO5)nc(Cl)cc3n2C)CC1. The fourth-order valence-electron chi connectivity index (χ4n) is 4.66. The van der Waals surface area contributed by atoms with Gasteiger partial charge in [0.15, 0.2) is 5.82 Å². The van der Waals surface area contributed by atoms with E-state index in [2.05, 4.69) is 31.3 Å². The highest BCUT2D eigenvalue weighted by Crippen LogP contribution is 2.37. The fraction of sp³-hybridized carbons (Fsp3) is 0.684. The van der Waals surface area contributed by atoms with Crippen LogP contribution in [0, 0.1) is 0 Å². The van der Waals surface area contributed by atoms with E-state index in [0.717, 1.165) is 81.7 Å². The van der Waals surface area contributed by atoms with Crippen LogP contribution in [-0.4, -0.2) is 91.2 Å². The van der Waals surface area contributed by atoms with Gasteiger partial charge in [-0.25, -0.2) is 9.97 Å². The van der Waals surface area contributed by atoms with Gasteiger partial charge in [-0.15, -0.1) is 0 Å². The molecule has 2 aromatic rings. The fourth-order valence-corrected chi connectivity index (χ4v) is 4.85. The number of methoxy groups -OCH3 is 1. The first-order chi connectivity index (χ1) is 13.6. The molecule has 5 heterocycles. The largest absolute Gasteiger partial charge is 0.383 e. The molecule has 9 heteroatoms. The predicted molar refractivity (Wildman–Crippen MR) is 110 cm³/mol. The Bertz CT molecular complexity index is 866. The zero-order valence-corrected chi connectivity index (χ0v) is 17.2. The summed E-state index contributed by atoms with van der Waals surface area (Å²) in [7, 11) is 3.83. The molecular formula is C19H27ClN6O2. The van der Waals surface area contributed by atoms with E-state index in [4.69, 9.17) is 26.1 Å². The van der Waals surface area contributed by atoms with E-state index in [1.807, 2.05) is 6.07 Å². The molecule has 152 valence electrons. The van der Waals surface area contributed by atoms with Crippen LogP contribution in [0.3, 0.4) is 0 Å². The predicted octanol–water partition coefficient (Wildman–Crippen LogP) is 1.37. The first-order valence-electron chi connectivity index (χ1n) is 10.0. The summed E-state index contributed by atoms with van der Waals surface area (Å²) < 4.78 is 13.1. The number of nitrogens with zero attached hydrogens (tertiary/aromatic N) is 6. The average molecular weight is 407 g/mol. The maximum atomic E-state index is 6.40. The van der Waals surface area contributed by atoms with Gasteiger partial charge in [0.2, 0.25) is 5.95 Å². The number of halogens is 1. The number of anilines is 2. The summed E-state index contributed by atoms with van der Waals surface area (Å²) in [6, 6.07) is 2.31. The second-order valence-electron chi connectivity index (χ2n) is 7.93. The Balaban J connectivity index is 1.44. The second kappa shape index (κ2) is 7.33. The maximum absolute atomic E-state index is 6.40. The van der Waals surface area contributed by atoms with Crippen LogP contribution in [-0.2, 0) is 16.5 Å². The van der Waals surface area contributed by atoms with Crippen molar-refractivity contribution in [2.75, 3.05) is 69.4 Å². The number of pyridine rings is 1. The molecule has 0 aromatic carbocycles. The molecule has 28 heavy (non-hydrogen) atoms. The van der Waals surface area contributed by atoms with Gasteiger partial charge in [0.1, 0.15) is 10.7 Å². The molecule has 2 bridgehead atoms. The van der Waals surface area contributed by atoms with Gasteiger partial charge in [0.25, 0.3) is 0 Å². The third-order valence-corrected chi connectivity index (χ3v) is 6.43. The van der Waals surface area contributed by atoms with Crippen LogP contribution in [0.1, 0.15) is 6.42 Å². The van der Waals surface area contributed by atoms with Gasteiger partial charge >= 0.3 is 0 Å². The molecule has 3 fully saturated rings. The van der Waals surface area contributed by atoms with Gasteiger partial charge in [-0.05, 0) is 6.42 Å². The quantitative estimate of drug-likeness (QED) is 0.695. The van der Waals surface area contributed by atoms with Crippen LogP contribution in [0.25, 0.3) is 11.0 Å². The van der Waals surface area contributed by atoms with Gasteiger partial charge in [-0.3, -0.25) is 4.90 Å². The number of fused-ring (bicyclic) bond motifs is 3. The van der Waals surface area contributed by atoms with Crippen LogP contribution in [0.4, 0.5) is 11.8 Å². The molecule has 2 aromatic heterocycles. The summed E-state index contributed by atoms with van der Waals surface area (Å²) in [6.45, 7) is 7.36. The van der Waals surface area contributed by atoms with E-state index >= 15 is 0 Å². The van der Waals surface area contributed by atoms with Gasteiger partial charge in [-0.1, -0.05) is 11.6 Å². The van der Waals surface area contributed by atoms with E-state index < -0.39 is 0 Å². The van der Waals surface area contributed by atoms with Crippen molar-refractivity contribution < 1.29 is 9.47 Å². The third-order valence-electron chi connectivity index (χ3n) is 6.24. The number of morpholine rings is 1. The molecule has 5 rings (SSSR count). The molecule has 2 atom stereocenters. The molecule has 0 saturated carbocycles. The number of imidazole rings is 1. The summed E-state index contributed by atoms with van der Waals surface area (Å²) in [4.78, 5) is 16.8. The minimum Gasteiger partial charge on any atom is -0.383 e. The number of ether oxygens (including phenoxy) is 2. The summed E-state index contributed by atoms with van der Waals surface area (Å²) in [6.07, 6.45) is 1.38. The van der Waals surface area contributed by atoms with Gasteiger partial charge in [0, 0.05) is 59.5 Å². The Morgan fingerprint density at radius 1 is 1.25 bits per heavy atom. The van der Waals surface area contributed by atoms with E-state index in [9.17, 15) is 0 Å². The van der Waals surface area contributed by atoms with Crippen LogP contribution in [0.2, 0.25) is 5.15 Å². The van der Waals surface area contributed by atoms with E-state index in [1.165, 1.54) is 0 Å². The number of piperazine rings is 1. The van der Waals surface area contributed by atoms with Crippen LogP contribution >= 0.6 is 11.6 Å². The highest BCUT2D eigenvalue weighted by molar-refractivity contribution is 6.30. The lowest BCUT2D eigenvalue weighted by atomic mass is 10.2. The Kier molecular flexibility index (Phi) is 4.82. The number of aromatic nitrogens is 3. The molecular weight excluding hydrogens is 380 g/mol. The lowest BCUT2D eigenvalue weighted by molar-refractivity contribution is 0.0990. The first-order valence-corrected chi connectivity index (χ1v) is 10.4. The molecule has 0 aliphatic carbocycles. The van der Waals surface area contributed by atoms with Gasteiger partial charge < -0.3 is 23.8 Å². The lowest BCUT2D eigenvalue weighted by Crippen LogP contribution is -2.48. The third kappa shape index (κ3) is 3.12. The highest BCUT2D eigenvalue weighted by atomic mass is 35.5. The summed E-state index contributed by atoms with van der Waals surface area (Å²) in [5, 5.41) is 0.519. The van der Waals surface area contributed by atoms with Crippen molar-refractivity contribution in [3.63, 3.8) is 0 Å². The monoisotopic (exact) mass is 406 g/mol. The molecule has 0 radical (unpaired) electrons. The Morgan fingerprint density at radius 2 is 2.07 bits per heavy atom.